The fourth-order valence-corrected chi connectivity index (χ4v) is 7.72. The van der Waals surface area contributed by atoms with E-state index in [0.717, 1.165) is 5.57 Å². The van der Waals surface area contributed by atoms with E-state index in [4.69, 9.17) is 23.7 Å². The van der Waals surface area contributed by atoms with Crippen molar-refractivity contribution < 1.29 is 58.8 Å². The van der Waals surface area contributed by atoms with E-state index in [1.54, 1.807) is 47.0 Å². The smallest absolute Gasteiger partial charge is 0.308 e. The average molecular weight is 728 g/mol. The standard InChI is InChI=1S/C38H65NO12/c1-11-25-16-21(4)27(41)14-13-20(3)15-26(19-40)29(12-2)49-30(43)17-28(42)22(5)34(25)51-37-33(44)32(39(9)10)35(23(6)48-37)50-31-18-38(8,46)36(45)24(7)47-31/h13-15,21-26,28-29,31-37,40,42,44-46H,11-12,16-19H2,1-10H3. The van der Waals surface area contributed by atoms with Gasteiger partial charge in [0.15, 0.2) is 18.4 Å². The van der Waals surface area contributed by atoms with Crippen molar-refractivity contribution in [3.63, 3.8) is 0 Å². The SMILES string of the molecule is CCC1CC(C)C(=O)C=CC(C)=CC(CO)C(CC)OC(=O)CC(O)C(C)C1OC1OC(C)C(OC2CC(C)(O)C(O)C(C)O2)C(N(C)C)C1O. The predicted molar refractivity (Wildman–Crippen MR) is 189 cm³/mol. The van der Waals surface area contributed by atoms with Gasteiger partial charge in [0.05, 0.1) is 49.1 Å². The maximum Gasteiger partial charge on any atom is 0.308 e. The minimum absolute atomic E-state index is 0.0115. The molecule has 0 amide bonds. The summed E-state index contributed by atoms with van der Waals surface area (Å²) in [5.74, 6) is -2.50. The predicted octanol–water partition coefficient (Wildman–Crippen LogP) is 2.49. The number of nitrogens with zero attached hydrogens (tertiary/aromatic N) is 1. The Labute approximate surface area is 303 Å². The molecule has 3 heterocycles. The molecular formula is C38H65NO12. The molecule has 0 spiro atoms. The summed E-state index contributed by atoms with van der Waals surface area (Å²) in [5.41, 5.74) is -0.690. The third-order valence-electron chi connectivity index (χ3n) is 11.0. The Bertz CT molecular complexity index is 1190. The Balaban J connectivity index is 1.93. The summed E-state index contributed by atoms with van der Waals surface area (Å²) in [7, 11) is 3.59. The molecule has 3 aliphatic rings. The van der Waals surface area contributed by atoms with Crippen LogP contribution in [0.5, 0.6) is 0 Å². The van der Waals surface area contributed by atoms with Crippen molar-refractivity contribution in [3.8, 4) is 0 Å². The first kappa shape index (κ1) is 43.6. The summed E-state index contributed by atoms with van der Waals surface area (Å²) < 4.78 is 31.0. The fourth-order valence-electron chi connectivity index (χ4n) is 7.72. The first-order valence-corrected chi connectivity index (χ1v) is 18.6. The molecule has 294 valence electrons. The van der Waals surface area contributed by atoms with Crippen molar-refractivity contribution in [1.29, 1.82) is 0 Å². The molecule has 16 unspecified atom stereocenters. The fraction of sp³-hybridized carbons (Fsp3) is 0.842. The highest BCUT2D eigenvalue weighted by molar-refractivity contribution is 5.91. The normalized spacial score (nSPS) is 43.9. The lowest BCUT2D eigenvalue weighted by atomic mass is 9.80. The van der Waals surface area contributed by atoms with Gasteiger partial charge in [0.2, 0.25) is 0 Å². The summed E-state index contributed by atoms with van der Waals surface area (Å²) >= 11 is 0. The van der Waals surface area contributed by atoms with Crippen LogP contribution in [0.3, 0.4) is 0 Å². The number of hydrogen-bond donors (Lipinski definition) is 5. The largest absolute Gasteiger partial charge is 0.462 e. The average Bonchev–Trinajstić information content (AvgIpc) is 3.06. The Hall–Kier alpha value is -1.78. The molecule has 3 rings (SSSR count). The first-order valence-electron chi connectivity index (χ1n) is 18.6. The third-order valence-corrected chi connectivity index (χ3v) is 11.0. The second kappa shape index (κ2) is 19.0. The Morgan fingerprint density at radius 1 is 0.961 bits per heavy atom. The van der Waals surface area contributed by atoms with Gasteiger partial charge in [-0.05, 0) is 66.6 Å². The van der Waals surface area contributed by atoms with Crippen LogP contribution in [0.4, 0.5) is 0 Å². The molecule has 0 saturated carbocycles. The summed E-state index contributed by atoms with van der Waals surface area (Å²) in [6, 6.07) is -0.650. The minimum Gasteiger partial charge on any atom is -0.462 e. The van der Waals surface area contributed by atoms with Crippen LogP contribution in [-0.2, 0) is 33.3 Å². The number of cyclic esters (lactones) is 1. The van der Waals surface area contributed by atoms with Crippen molar-refractivity contribution in [2.75, 3.05) is 20.7 Å². The van der Waals surface area contributed by atoms with Crippen LogP contribution in [0, 0.1) is 23.7 Å². The van der Waals surface area contributed by atoms with Gasteiger partial charge in [-0.2, -0.15) is 0 Å². The van der Waals surface area contributed by atoms with Crippen LogP contribution in [0.2, 0.25) is 0 Å². The zero-order valence-corrected chi connectivity index (χ0v) is 32.2. The van der Waals surface area contributed by atoms with Crippen molar-refractivity contribution in [3.05, 3.63) is 23.8 Å². The van der Waals surface area contributed by atoms with Gasteiger partial charge in [0, 0.05) is 24.2 Å². The van der Waals surface area contributed by atoms with Crippen LogP contribution in [-0.4, -0.2) is 136 Å². The van der Waals surface area contributed by atoms with Gasteiger partial charge in [-0.15, -0.1) is 0 Å². The topological polar surface area (TPSA) is 185 Å². The molecule has 0 bridgehead atoms. The Morgan fingerprint density at radius 3 is 2.20 bits per heavy atom. The number of carbonyl (C=O) groups excluding carboxylic acids is 2. The Kier molecular flexibility index (Phi) is 16.3. The second-order valence-corrected chi connectivity index (χ2v) is 15.5. The molecule has 13 nitrogen and oxygen atoms in total. The quantitative estimate of drug-likeness (QED) is 0.230. The van der Waals surface area contributed by atoms with Gasteiger partial charge in [0.1, 0.15) is 24.4 Å². The summed E-state index contributed by atoms with van der Waals surface area (Å²) in [6.07, 6.45) is -2.81. The van der Waals surface area contributed by atoms with Gasteiger partial charge in [-0.3, -0.25) is 9.59 Å². The third kappa shape index (κ3) is 11.1. The number of likely N-dealkylation sites (N-methyl/N-ethyl adjacent to an activating group) is 1. The monoisotopic (exact) mass is 727 g/mol. The van der Waals surface area contributed by atoms with E-state index in [-0.39, 0.29) is 31.1 Å². The number of rotatable bonds is 8. The van der Waals surface area contributed by atoms with Gasteiger partial charge in [0.25, 0.3) is 0 Å². The van der Waals surface area contributed by atoms with Crippen molar-refractivity contribution in [2.45, 2.75) is 161 Å². The van der Waals surface area contributed by atoms with Crippen molar-refractivity contribution in [2.24, 2.45) is 23.7 Å². The number of aliphatic hydroxyl groups excluding tert-OH is 4. The lowest BCUT2D eigenvalue weighted by Gasteiger charge is -2.50. The lowest BCUT2D eigenvalue weighted by Crippen LogP contribution is -2.65. The van der Waals surface area contributed by atoms with E-state index >= 15 is 0 Å². The zero-order valence-electron chi connectivity index (χ0n) is 32.2. The number of allylic oxidation sites excluding steroid dienone is 3. The molecule has 5 N–H and O–H groups in total. The van der Waals surface area contributed by atoms with Gasteiger partial charge >= 0.3 is 5.97 Å². The first-order chi connectivity index (χ1) is 23.8. The molecule has 13 heteroatoms. The van der Waals surface area contributed by atoms with Crippen LogP contribution in [0.15, 0.2) is 23.8 Å². The lowest BCUT2D eigenvalue weighted by molar-refractivity contribution is -0.342. The molecule has 51 heavy (non-hydrogen) atoms. The van der Waals surface area contributed by atoms with E-state index in [9.17, 15) is 35.1 Å². The number of esters is 1. The molecule has 0 aromatic carbocycles. The number of aliphatic hydroxyl groups is 5. The molecule has 0 radical (unpaired) electrons. The molecular weight excluding hydrogens is 662 g/mol. The van der Waals surface area contributed by atoms with E-state index in [2.05, 4.69) is 0 Å². The molecule has 16 atom stereocenters. The Morgan fingerprint density at radius 2 is 1.63 bits per heavy atom. The van der Waals surface area contributed by atoms with Crippen molar-refractivity contribution in [1.82, 2.24) is 4.90 Å². The summed E-state index contributed by atoms with van der Waals surface area (Å²) in [4.78, 5) is 28.3. The van der Waals surface area contributed by atoms with E-state index in [1.165, 1.54) is 13.0 Å². The maximum atomic E-state index is 13.3. The number of carbonyl (C=O) groups is 2. The molecule has 2 saturated heterocycles. The number of hydrogen-bond acceptors (Lipinski definition) is 13. The van der Waals surface area contributed by atoms with Gasteiger partial charge in [-0.25, -0.2) is 0 Å². The highest BCUT2D eigenvalue weighted by Gasteiger charge is 2.51. The number of ether oxygens (including phenoxy) is 5. The maximum absolute atomic E-state index is 13.3. The molecule has 2 fully saturated rings. The van der Waals surface area contributed by atoms with Crippen LogP contribution >= 0.6 is 0 Å². The van der Waals surface area contributed by atoms with E-state index in [1.807, 2.05) is 32.6 Å². The second-order valence-electron chi connectivity index (χ2n) is 15.5. The van der Waals surface area contributed by atoms with Crippen LogP contribution in [0.25, 0.3) is 0 Å². The summed E-state index contributed by atoms with van der Waals surface area (Å²) in [5, 5.41) is 54.6. The molecule has 0 aromatic rings. The minimum atomic E-state index is -1.44. The number of ketones is 1. The van der Waals surface area contributed by atoms with E-state index in [0.29, 0.717) is 19.3 Å². The molecule has 0 aliphatic carbocycles. The molecule has 0 aromatic heterocycles. The highest BCUT2D eigenvalue weighted by atomic mass is 16.7. The van der Waals surface area contributed by atoms with Crippen molar-refractivity contribution >= 4 is 11.8 Å². The van der Waals surface area contributed by atoms with Gasteiger partial charge in [-0.1, -0.05) is 51.8 Å². The molecule has 3 aliphatic heterocycles. The van der Waals surface area contributed by atoms with Crippen LogP contribution < -0.4 is 0 Å². The van der Waals surface area contributed by atoms with Crippen LogP contribution in [0.1, 0.15) is 87.5 Å². The van der Waals surface area contributed by atoms with Gasteiger partial charge < -0.3 is 54.1 Å². The zero-order chi connectivity index (χ0) is 38.4. The summed E-state index contributed by atoms with van der Waals surface area (Å²) in [6.45, 7) is 14.0. The van der Waals surface area contributed by atoms with E-state index < -0.39 is 96.8 Å². The highest BCUT2D eigenvalue weighted by Crippen LogP contribution is 2.37.